The summed E-state index contributed by atoms with van der Waals surface area (Å²) >= 11 is 4.27. The largest absolute Gasteiger partial charge is 0.305 e. The molecule has 1 unspecified atom stereocenters. The van der Waals surface area contributed by atoms with Crippen LogP contribution in [0.3, 0.4) is 0 Å². The lowest BCUT2D eigenvalue weighted by Gasteiger charge is -2.07. The van der Waals surface area contributed by atoms with Crippen molar-refractivity contribution in [3.8, 4) is 0 Å². The first kappa shape index (κ1) is 11.6. The normalized spacial score (nSPS) is 13.2. The first-order valence-corrected chi connectivity index (χ1v) is 5.44. The predicted molar refractivity (Wildman–Crippen MR) is 62.8 cm³/mol. The molecule has 1 atom stereocenters. The van der Waals surface area contributed by atoms with Crippen molar-refractivity contribution in [2.75, 3.05) is 6.54 Å². The van der Waals surface area contributed by atoms with Gasteiger partial charge in [0.25, 0.3) is 0 Å². The lowest BCUT2D eigenvalue weighted by Crippen LogP contribution is -2.23. The summed E-state index contributed by atoms with van der Waals surface area (Å²) in [5.41, 5.74) is 3.75. The minimum absolute atomic E-state index is 0.257. The zero-order valence-electron chi connectivity index (χ0n) is 9.33. The average Bonchev–Trinajstić information content (AvgIpc) is 2.31. The fraction of sp³-hybridized carbons (Fsp3) is 0.700. The van der Waals surface area contributed by atoms with E-state index in [9.17, 15) is 0 Å². The van der Waals surface area contributed by atoms with E-state index in [1.807, 2.05) is 18.7 Å². The van der Waals surface area contributed by atoms with E-state index >= 15 is 0 Å². The Morgan fingerprint density at radius 1 is 1.50 bits per heavy atom. The molecular formula is C10H19N3S. The van der Waals surface area contributed by atoms with Gasteiger partial charge in [-0.05, 0) is 32.8 Å². The van der Waals surface area contributed by atoms with Gasteiger partial charge in [-0.2, -0.15) is 17.7 Å². The number of hydrogen-bond donors (Lipinski definition) is 2. The second-order valence-corrected chi connectivity index (χ2v) is 4.43. The van der Waals surface area contributed by atoms with Gasteiger partial charge in [-0.25, -0.2) is 0 Å². The van der Waals surface area contributed by atoms with Crippen molar-refractivity contribution in [3.05, 3.63) is 17.0 Å². The number of hydrogen-bond acceptors (Lipinski definition) is 3. The highest BCUT2D eigenvalue weighted by Crippen LogP contribution is 2.11. The van der Waals surface area contributed by atoms with Crippen LogP contribution in [0.25, 0.3) is 0 Å². The third-order valence-corrected chi connectivity index (χ3v) is 2.66. The van der Waals surface area contributed by atoms with E-state index in [4.69, 9.17) is 0 Å². The summed E-state index contributed by atoms with van der Waals surface area (Å²) in [5.74, 6) is 0. The number of aromatic nitrogens is 2. The number of rotatable bonds is 4. The molecule has 0 fully saturated rings. The summed E-state index contributed by atoms with van der Waals surface area (Å²) < 4.78 is 1.94. The number of nitrogens with one attached hydrogen (secondary N) is 1. The molecule has 0 aliphatic carbocycles. The Morgan fingerprint density at radius 2 is 2.14 bits per heavy atom. The third-order valence-electron chi connectivity index (χ3n) is 2.47. The number of thiol groups is 1. The SMILES string of the molecule is Cc1nn(C)c(C)c1CCNC(C)S. The van der Waals surface area contributed by atoms with Gasteiger partial charge in [0.1, 0.15) is 0 Å². The van der Waals surface area contributed by atoms with Gasteiger partial charge in [-0.1, -0.05) is 0 Å². The van der Waals surface area contributed by atoms with Gasteiger partial charge in [0.15, 0.2) is 0 Å². The van der Waals surface area contributed by atoms with E-state index in [0.29, 0.717) is 0 Å². The Balaban J connectivity index is 2.58. The van der Waals surface area contributed by atoms with E-state index in [-0.39, 0.29) is 5.37 Å². The summed E-state index contributed by atoms with van der Waals surface area (Å²) in [6.07, 6.45) is 1.02. The Labute approximate surface area is 91.3 Å². The van der Waals surface area contributed by atoms with Crippen molar-refractivity contribution in [1.82, 2.24) is 15.1 Å². The monoisotopic (exact) mass is 213 g/mol. The van der Waals surface area contributed by atoms with Crippen molar-refractivity contribution in [2.45, 2.75) is 32.6 Å². The first-order valence-electron chi connectivity index (χ1n) is 4.93. The minimum Gasteiger partial charge on any atom is -0.305 e. The van der Waals surface area contributed by atoms with Gasteiger partial charge < -0.3 is 5.32 Å². The standard InChI is InChI=1S/C10H19N3S/c1-7-10(5-6-11-9(3)14)8(2)13(4)12-7/h9,11,14H,5-6H2,1-4H3. The second-order valence-electron chi connectivity index (χ2n) is 3.65. The molecule has 0 saturated carbocycles. The summed E-state index contributed by atoms with van der Waals surface area (Å²) in [6.45, 7) is 7.16. The molecular weight excluding hydrogens is 194 g/mol. The molecule has 0 radical (unpaired) electrons. The van der Waals surface area contributed by atoms with Crippen LogP contribution < -0.4 is 5.32 Å². The summed E-state index contributed by atoms with van der Waals surface area (Å²) in [6, 6.07) is 0. The lowest BCUT2D eigenvalue weighted by molar-refractivity contribution is 0.680. The Kier molecular flexibility index (Phi) is 4.01. The van der Waals surface area contributed by atoms with Gasteiger partial charge in [0, 0.05) is 24.7 Å². The van der Waals surface area contributed by atoms with Crippen molar-refractivity contribution in [1.29, 1.82) is 0 Å². The molecule has 0 aliphatic rings. The third kappa shape index (κ3) is 2.75. The summed E-state index contributed by atoms with van der Waals surface area (Å²) in [5, 5.41) is 7.92. The fourth-order valence-corrected chi connectivity index (χ4v) is 1.71. The average molecular weight is 213 g/mol. The topological polar surface area (TPSA) is 29.9 Å². The Hall–Kier alpha value is -0.480. The van der Waals surface area contributed by atoms with Crippen molar-refractivity contribution < 1.29 is 0 Å². The van der Waals surface area contributed by atoms with Crippen LogP contribution in [0, 0.1) is 13.8 Å². The predicted octanol–water partition coefficient (Wildman–Crippen LogP) is 1.44. The van der Waals surface area contributed by atoms with Gasteiger partial charge in [-0.3, -0.25) is 4.68 Å². The maximum Gasteiger partial charge on any atom is 0.0628 e. The van der Waals surface area contributed by atoms with Crippen LogP contribution in [0.2, 0.25) is 0 Å². The molecule has 0 amide bonds. The molecule has 14 heavy (non-hydrogen) atoms. The molecule has 1 N–H and O–H groups in total. The van der Waals surface area contributed by atoms with Crippen LogP contribution >= 0.6 is 12.6 Å². The quantitative estimate of drug-likeness (QED) is 0.585. The second kappa shape index (κ2) is 4.84. The minimum atomic E-state index is 0.257. The van der Waals surface area contributed by atoms with Gasteiger partial charge in [-0.15, -0.1) is 0 Å². The Morgan fingerprint density at radius 3 is 2.57 bits per heavy atom. The molecule has 1 rings (SSSR count). The van der Waals surface area contributed by atoms with E-state index in [2.05, 4.69) is 36.9 Å². The zero-order chi connectivity index (χ0) is 10.7. The number of aryl methyl sites for hydroxylation is 2. The molecule has 4 heteroatoms. The van der Waals surface area contributed by atoms with Crippen LogP contribution in [-0.4, -0.2) is 21.7 Å². The van der Waals surface area contributed by atoms with E-state index in [0.717, 1.165) is 18.7 Å². The highest BCUT2D eigenvalue weighted by Gasteiger charge is 2.08. The molecule has 1 aromatic rings. The first-order chi connectivity index (χ1) is 6.52. The zero-order valence-corrected chi connectivity index (χ0v) is 10.2. The maximum atomic E-state index is 4.38. The number of nitrogens with zero attached hydrogens (tertiary/aromatic N) is 2. The highest BCUT2D eigenvalue weighted by atomic mass is 32.1. The molecule has 0 bridgehead atoms. The lowest BCUT2D eigenvalue weighted by atomic mass is 10.1. The van der Waals surface area contributed by atoms with E-state index in [1.54, 1.807) is 0 Å². The molecule has 0 aliphatic heterocycles. The smallest absolute Gasteiger partial charge is 0.0628 e. The Bertz CT molecular complexity index is 305. The fourth-order valence-electron chi connectivity index (χ4n) is 1.59. The van der Waals surface area contributed by atoms with Crippen LogP contribution in [0.4, 0.5) is 0 Å². The van der Waals surface area contributed by atoms with Crippen LogP contribution in [0.1, 0.15) is 23.9 Å². The highest BCUT2D eigenvalue weighted by molar-refractivity contribution is 7.80. The van der Waals surface area contributed by atoms with Crippen molar-refractivity contribution in [3.63, 3.8) is 0 Å². The molecule has 0 aromatic carbocycles. The van der Waals surface area contributed by atoms with E-state index in [1.165, 1.54) is 11.3 Å². The maximum absolute atomic E-state index is 4.38. The molecule has 3 nitrogen and oxygen atoms in total. The van der Waals surface area contributed by atoms with Crippen LogP contribution in [0.5, 0.6) is 0 Å². The van der Waals surface area contributed by atoms with E-state index < -0.39 is 0 Å². The molecule has 1 heterocycles. The van der Waals surface area contributed by atoms with Gasteiger partial charge in [0.2, 0.25) is 0 Å². The van der Waals surface area contributed by atoms with Gasteiger partial charge >= 0.3 is 0 Å². The van der Waals surface area contributed by atoms with Crippen molar-refractivity contribution >= 4 is 12.6 Å². The van der Waals surface area contributed by atoms with Crippen LogP contribution in [-0.2, 0) is 13.5 Å². The summed E-state index contributed by atoms with van der Waals surface area (Å²) in [7, 11) is 1.99. The molecule has 80 valence electrons. The van der Waals surface area contributed by atoms with Crippen LogP contribution in [0.15, 0.2) is 0 Å². The van der Waals surface area contributed by atoms with Crippen molar-refractivity contribution in [2.24, 2.45) is 7.05 Å². The molecule has 1 aromatic heterocycles. The molecule has 0 saturated heterocycles. The van der Waals surface area contributed by atoms with Gasteiger partial charge in [0.05, 0.1) is 5.69 Å². The summed E-state index contributed by atoms with van der Waals surface area (Å²) in [4.78, 5) is 0. The molecule has 0 spiro atoms.